The molecule has 3 N–H and O–H groups in total. The van der Waals surface area contributed by atoms with E-state index >= 15 is 0 Å². The zero-order valence-corrected chi connectivity index (χ0v) is 7.69. The van der Waals surface area contributed by atoms with E-state index in [-0.39, 0.29) is 0 Å². The molecule has 1 fully saturated rings. The van der Waals surface area contributed by atoms with Gasteiger partial charge in [0, 0.05) is 4.91 Å². The molecule has 0 aliphatic carbocycles. The molecule has 5 atom stereocenters. The van der Waals surface area contributed by atoms with E-state index in [0.29, 0.717) is 6.42 Å². The maximum absolute atomic E-state index is 9.49. The second-order valence-electron chi connectivity index (χ2n) is 3.15. The van der Waals surface area contributed by atoms with Gasteiger partial charge in [0.1, 0.15) is 6.10 Å². The number of aliphatic hydroxyl groups excluding tert-OH is 3. The smallest absolute Gasteiger partial charge is 0.183 e. The largest absolute Gasteiger partial charge is 0.390 e. The van der Waals surface area contributed by atoms with Crippen LogP contribution in [0.5, 0.6) is 0 Å². The second-order valence-corrected chi connectivity index (χ2v) is 3.15. The Hall–Kier alpha value is -0.850. The lowest BCUT2D eigenvalue weighted by atomic mass is 9.95. The van der Waals surface area contributed by atoms with Gasteiger partial charge in [-0.25, -0.2) is 0 Å². The highest BCUT2D eigenvalue weighted by Gasteiger charge is 2.42. The fourth-order valence-electron chi connectivity index (χ4n) is 1.47. The van der Waals surface area contributed by atoms with Crippen molar-refractivity contribution in [2.24, 2.45) is 5.11 Å². The normalized spacial score (nSPS) is 43.0. The van der Waals surface area contributed by atoms with Gasteiger partial charge in [0.2, 0.25) is 0 Å². The van der Waals surface area contributed by atoms with Crippen LogP contribution in [-0.4, -0.2) is 46.0 Å². The molecular weight excluding hydrogens is 190 g/mol. The number of hydrogen-bond acceptors (Lipinski definition) is 5. The molecule has 0 amide bonds. The molecular formula is C7H13N3O4. The minimum absolute atomic E-state index is 0.477. The number of azide groups is 1. The summed E-state index contributed by atoms with van der Waals surface area (Å²) in [5.41, 5.74) is 8.25. The summed E-state index contributed by atoms with van der Waals surface area (Å²) in [6.45, 7) is 1.77. The molecule has 0 radical (unpaired) electrons. The number of ether oxygens (including phenoxy) is 1. The quantitative estimate of drug-likeness (QED) is 0.319. The van der Waals surface area contributed by atoms with Crippen LogP contribution in [0.25, 0.3) is 10.4 Å². The Labute approximate surface area is 80.6 Å². The van der Waals surface area contributed by atoms with Crippen molar-refractivity contribution in [3.8, 4) is 0 Å². The molecule has 5 unspecified atom stereocenters. The lowest BCUT2D eigenvalue weighted by molar-refractivity contribution is -0.253. The van der Waals surface area contributed by atoms with Gasteiger partial charge in [0.05, 0.1) is 18.2 Å². The van der Waals surface area contributed by atoms with E-state index in [0.717, 1.165) is 0 Å². The van der Waals surface area contributed by atoms with Crippen molar-refractivity contribution in [2.45, 2.75) is 44.0 Å². The van der Waals surface area contributed by atoms with Gasteiger partial charge in [0.15, 0.2) is 6.29 Å². The molecule has 7 nitrogen and oxygen atoms in total. The summed E-state index contributed by atoms with van der Waals surface area (Å²) in [5.74, 6) is 0. The topological polar surface area (TPSA) is 119 Å². The lowest BCUT2D eigenvalue weighted by Crippen LogP contribution is -2.56. The van der Waals surface area contributed by atoms with Crippen LogP contribution in [0.2, 0.25) is 0 Å². The fraction of sp³-hybridized carbons (Fsp3) is 1.00. The molecule has 0 spiro atoms. The van der Waals surface area contributed by atoms with Crippen molar-refractivity contribution in [1.29, 1.82) is 0 Å². The molecule has 1 saturated heterocycles. The van der Waals surface area contributed by atoms with Gasteiger partial charge >= 0.3 is 0 Å². The summed E-state index contributed by atoms with van der Waals surface area (Å²) in [5, 5.41) is 31.2. The lowest BCUT2D eigenvalue weighted by Gasteiger charge is -2.38. The Morgan fingerprint density at radius 3 is 2.50 bits per heavy atom. The van der Waals surface area contributed by atoms with Gasteiger partial charge in [-0.1, -0.05) is 12.0 Å². The number of nitrogens with zero attached hydrogens (tertiary/aromatic N) is 3. The van der Waals surface area contributed by atoms with Crippen LogP contribution in [0.1, 0.15) is 13.3 Å². The highest BCUT2D eigenvalue weighted by Crippen LogP contribution is 2.24. The first-order valence-corrected chi connectivity index (χ1v) is 4.35. The van der Waals surface area contributed by atoms with Crippen LogP contribution in [-0.2, 0) is 4.74 Å². The third kappa shape index (κ3) is 1.97. The first-order chi connectivity index (χ1) is 6.61. The molecule has 1 aliphatic rings. The molecule has 0 aromatic heterocycles. The molecule has 1 rings (SSSR count). The Bertz CT molecular complexity index is 241. The van der Waals surface area contributed by atoms with Gasteiger partial charge < -0.3 is 20.1 Å². The van der Waals surface area contributed by atoms with Crippen LogP contribution in [0.3, 0.4) is 0 Å². The molecule has 1 heterocycles. The number of hydrogen-bond donors (Lipinski definition) is 3. The molecule has 0 aromatic carbocycles. The van der Waals surface area contributed by atoms with Gasteiger partial charge in [-0.2, -0.15) is 0 Å². The summed E-state index contributed by atoms with van der Waals surface area (Å²) >= 11 is 0. The molecule has 7 heteroatoms. The van der Waals surface area contributed by atoms with E-state index in [4.69, 9.17) is 15.4 Å². The molecule has 0 saturated carbocycles. The molecule has 0 aromatic rings. The van der Waals surface area contributed by atoms with Crippen LogP contribution >= 0.6 is 0 Å². The number of aliphatic hydroxyl groups is 3. The van der Waals surface area contributed by atoms with E-state index in [9.17, 15) is 10.2 Å². The Balaban J connectivity index is 2.82. The summed E-state index contributed by atoms with van der Waals surface area (Å²) in [7, 11) is 0. The highest BCUT2D eigenvalue weighted by atomic mass is 16.6. The average Bonchev–Trinajstić information content (AvgIpc) is 2.19. The van der Waals surface area contributed by atoms with E-state index in [2.05, 4.69) is 10.0 Å². The first kappa shape index (κ1) is 11.2. The van der Waals surface area contributed by atoms with E-state index < -0.39 is 30.6 Å². The monoisotopic (exact) mass is 203 g/mol. The Kier molecular flexibility index (Phi) is 3.68. The molecule has 1 aliphatic heterocycles. The summed E-state index contributed by atoms with van der Waals surface area (Å²) in [4.78, 5) is 2.56. The van der Waals surface area contributed by atoms with Crippen LogP contribution in [0.15, 0.2) is 5.11 Å². The van der Waals surface area contributed by atoms with Crippen LogP contribution in [0, 0.1) is 0 Å². The molecule has 14 heavy (non-hydrogen) atoms. The summed E-state index contributed by atoms with van der Waals surface area (Å²) in [6.07, 6.45) is -4.25. The maximum Gasteiger partial charge on any atom is 0.183 e. The summed E-state index contributed by atoms with van der Waals surface area (Å²) < 4.78 is 4.96. The second kappa shape index (κ2) is 4.59. The van der Waals surface area contributed by atoms with Crippen molar-refractivity contribution in [3.63, 3.8) is 0 Å². The standard InChI is InChI=1S/C7H13N3O4/c1-2-3-4(9-10-8)5(11)6(12)7(13)14-3/h3-7,11-13H,2H2,1H3. The third-order valence-electron chi connectivity index (χ3n) is 2.27. The number of rotatable bonds is 2. The predicted octanol–water partition coefficient (Wildman–Crippen LogP) is -0.486. The predicted molar refractivity (Wildman–Crippen MR) is 46.1 cm³/mol. The van der Waals surface area contributed by atoms with Crippen molar-refractivity contribution in [2.75, 3.05) is 0 Å². The Morgan fingerprint density at radius 2 is 2.00 bits per heavy atom. The van der Waals surface area contributed by atoms with E-state index in [1.54, 1.807) is 6.92 Å². The van der Waals surface area contributed by atoms with Crippen molar-refractivity contribution in [3.05, 3.63) is 10.4 Å². The average molecular weight is 203 g/mol. The fourth-order valence-corrected chi connectivity index (χ4v) is 1.47. The van der Waals surface area contributed by atoms with Gasteiger partial charge in [-0.05, 0) is 12.0 Å². The van der Waals surface area contributed by atoms with E-state index in [1.807, 2.05) is 0 Å². The van der Waals surface area contributed by atoms with Crippen molar-refractivity contribution >= 4 is 0 Å². The highest BCUT2D eigenvalue weighted by molar-refractivity contribution is 4.93. The van der Waals surface area contributed by atoms with Crippen LogP contribution in [0.4, 0.5) is 0 Å². The molecule has 0 bridgehead atoms. The van der Waals surface area contributed by atoms with Gasteiger partial charge in [-0.3, -0.25) is 0 Å². The SMILES string of the molecule is CCC1OC(O)C(O)C(O)C1N=[N+]=[N-]. The first-order valence-electron chi connectivity index (χ1n) is 4.35. The van der Waals surface area contributed by atoms with Crippen molar-refractivity contribution < 1.29 is 20.1 Å². The minimum atomic E-state index is -1.44. The third-order valence-corrected chi connectivity index (χ3v) is 2.27. The summed E-state index contributed by atoms with van der Waals surface area (Å²) in [6, 6.07) is -0.858. The molecule has 80 valence electrons. The zero-order chi connectivity index (χ0) is 10.7. The van der Waals surface area contributed by atoms with E-state index in [1.165, 1.54) is 0 Å². The minimum Gasteiger partial charge on any atom is -0.390 e. The maximum atomic E-state index is 9.49. The van der Waals surface area contributed by atoms with Crippen LogP contribution < -0.4 is 0 Å². The van der Waals surface area contributed by atoms with Crippen molar-refractivity contribution in [1.82, 2.24) is 0 Å². The van der Waals surface area contributed by atoms with Gasteiger partial charge in [-0.15, -0.1) is 0 Å². The Morgan fingerprint density at radius 1 is 1.36 bits per heavy atom. The zero-order valence-electron chi connectivity index (χ0n) is 7.69. The van der Waals surface area contributed by atoms with Gasteiger partial charge in [0.25, 0.3) is 0 Å².